The molecule has 5 heteroatoms. The normalized spacial score (nSPS) is 12.8. The first-order valence-corrected chi connectivity index (χ1v) is 11.9. The van der Waals surface area contributed by atoms with Gasteiger partial charge >= 0.3 is 7.48 Å². The van der Waals surface area contributed by atoms with Crippen LogP contribution in [0.1, 0.15) is 27.7 Å². The molecule has 6 rings (SSSR count). The van der Waals surface area contributed by atoms with Gasteiger partial charge < -0.3 is 18.7 Å². The number of aliphatic hydroxyl groups is 1. The highest BCUT2D eigenvalue weighted by molar-refractivity contribution is 6.47. The van der Waals surface area contributed by atoms with E-state index >= 15 is 0 Å². The van der Waals surface area contributed by atoms with Gasteiger partial charge in [-0.15, -0.1) is 0 Å². The lowest BCUT2D eigenvalue weighted by molar-refractivity contribution is -0.0893. The second-order valence-electron chi connectivity index (χ2n) is 10.2. The monoisotopic (exact) mass is 460 g/mol. The van der Waals surface area contributed by atoms with E-state index in [4.69, 9.17) is 9.07 Å². The topological polar surface area (TPSA) is 47.5 Å². The highest BCUT2D eigenvalue weighted by atomic mass is 16.5. The Kier molecular flexibility index (Phi) is 4.86. The molecule has 1 radical (unpaired) electrons. The number of aromatic nitrogens is 1. The Hall–Kier alpha value is -3.54. The van der Waals surface area contributed by atoms with Gasteiger partial charge in [0.25, 0.3) is 0 Å². The molecule has 0 saturated heterocycles. The third-order valence-electron chi connectivity index (χ3n) is 7.28. The average Bonchev–Trinajstić information content (AvgIpc) is 3.37. The number of nitrogens with zero attached hydrogens (tertiary/aromatic N) is 1. The summed E-state index contributed by atoms with van der Waals surface area (Å²) in [4.78, 5) is 0. The Balaban J connectivity index is 1.51. The summed E-state index contributed by atoms with van der Waals surface area (Å²) in [6.45, 7) is 7.25. The molecule has 4 nitrogen and oxygen atoms in total. The predicted octanol–water partition coefficient (Wildman–Crippen LogP) is 6.49. The molecule has 0 aliphatic rings. The standard InChI is InChI=1S/C30H27BNO3/c1-29(2,33)30(3,4)35-31-19-16-17-22-27(18-19)34-26-15-9-14-25(28(22)26)32-23-12-7-5-10-20(23)21-11-6-8-13-24(21)32/h5-18,33H,1-4H3. The minimum Gasteiger partial charge on any atom is -0.456 e. The summed E-state index contributed by atoms with van der Waals surface area (Å²) < 4.78 is 14.6. The third-order valence-corrected chi connectivity index (χ3v) is 7.28. The fourth-order valence-electron chi connectivity index (χ4n) is 4.62. The maximum Gasteiger partial charge on any atom is 0.331 e. The number of benzene rings is 4. The Bertz CT molecular complexity index is 1670. The summed E-state index contributed by atoms with van der Waals surface area (Å²) in [7, 11) is 1.69. The molecule has 0 spiro atoms. The molecule has 6 aromatic rings. The van der Waals surface area contributed by atoms with Crippen LogP contribution in [0.25, 0.3) is 49.4 Å². The number of hydrogen-bond acceptors (Lipinski definition) is 3. The molecule has 0 bridgehead atoms. The van der Waals surface area contributed by atoms with Gasteiger partial charge in [0.05, 0.1) is 33.3 Å². The number of hydrogen-bond donors (Lipinski definition) is 1. The van der Waals surface area contributed by atoms with Crippen molar-refractivity contribution in [3.05, 3.63) is 84.9 Å². The quantitative estimate of drug-likeness (QED) is 0.299. The Morgan fingerprint density at radius 2 is 1.40 bits per heavy atom. The predicted molar refractivity (Wildman–Crippen MR) is 145 cm³/mol. The second kappa shape index (κ2) is 7.74. The van der Waals surface area contributed by atoms with Crippen LogP contribution in [0.3, 0.4) is 0 Å². The maximum atomic E-state index is 10.4. The van der Waals surface area contributed by atoms with Gasteiger partial charge in [0.2, 0.25) is 0 Å². The van der Waals surface area contributed by atoms with Crippen LogP contribution in [0, 0.1) is 0 Å². The molecule has 35 heavy (non-hydrogen) atoms. The highest BCUT2D eigenvalue weighted by Gasteiger charge is 2.35. The summed E-state index contributed by atoms with van der Waals surface area (Å²) >= 11 is 0. The molecule has 2 aromatic heterocycles. The molecule has 0 fully saturated rings. The van der Waals surface area contributed by atoms with Gasteiger partial charge in [-0.1, -0.05) is 54.6 Å². The molecule has 0 saturated carbocycles. The zero-order valence-electron chi connectivity index (χ0n) is 20.4. The van der Waals surface area contributed by atoms with Gasteiger partial charge in [0, 0.05) is 16.2 Å². The van der Waals surface area contributed by atoms with Crippen LogP contribution in [0.15, 0.2) is 89.3 Å². The molecule has 0 aliphatic carbocycles. The lowest BCUT2D eigenvalue weighted by Gasteiger charge is -2.37. The van der Waals surface area contributed by atoms with E-state index in [1.165, 1.54) is 21.8 Å². The SMILES string of the molecule is CC(C)(O)C(C)(C)O[B]c1ccc2c(c1)oc1cccc(-n3c4ccccc4c4ccccc43)c12. The number of para-hydroxylation sites is 2. The maximum absolute atomic E-state index is 10.4. The van der Waals surface area contributed by atoms with Gasteiger partial charge in [-0.3, -0.25) is 0 Å². The summed E-state index contributed by atoms with van der Waals surface area (Å²) in [5.41, 5.74) is 4.23. The van der Waals surface area contributed by atoms with E-state index in [0.717, 1.165) is 33.1 Å². The summed E-state index contributed by atoms with van der Waals surface area (Å²) in [5.74, 6) is 0. The van der Waals surface area contributed by atoms with Crippen molar-refractivity contribution in [1.82, 2.24) is 4.57 Å². The Morgan fingerprint density at radius 1 is 0.743 bits per heavy atom. The van der Waals surface area contributed by atoms with Crippen LogP contribution in [0.5, 0.6) is 0 Å². The zero-order chi connectivity index (χ0) is 24.4. The largest absolute Gasteiger partial charge is 0.456 e. The van der Waals surface area contributed by atoms with Gasteiger partial charge in [0.1, 0.15) is 11.2 Å². The summed E-state index contributed by atoms with van der Waals surface area (Å²) in [6.07, 6.45) is 0. The van der Waals surface area contributed by atoms with E-state index in [0.29, 0.717) is 0 Å². The van der Waals surface area contributed by atoms with E-state index in [1.807, 2.05) is 38.1 Å². The van der Waals surface area contributed by atoms with Crippen LogP contribution in [-0.2, 0) is 4.65 Å². The smallest absolute Gasteiger partial charge is 0.331 e. The van der Waals surface area contributed by atoms with Crippen molar-refractivity contribution in [2.24, 2.45) is 0 Å². The van der Waals surface area contributed by atoms with Gasteiger partial charge in [0.15, 0.2) is 0 Å². The van der Waals surface area contributed by atoms with Crippen LogP contribution >= 0.6 is 0 Å². The molecule has 4 aromatic carbocycles. The lowest BCUT2D eigenvalue weighted by Crippen LogP contribution is -2.49. The van der Waals surface area contributed by atoms with Gasteiger partial charge in [-0.05, 0) is 63.5 Å². The van der Waals surface area contributed by atoms with E-state index in [-0.39, 0.29) is 0 Å². The average molecular weight is 460 g/mol. The van der Waals surface area contributed by atoms with Crippen LogP contribution in [0.2, 0.25) is 0 Å². The van der Waals surface area contributed by atoms with E-state index < -0.39 is 11.2 Å². The lowest BCUT2D eigenvalue weighted by atomic mass is 9.82. The van der Waals surface area contributed by atoms with E-state index in [9.17, 15) is 5.11 Å². The van der Waals surface area contributed by atoms with Crippen LogP contribution in [0.4, 0.5) is 0 Å². The second-order valence-corrected chi connectivity index (χ2v) is 10.2. The number of rotatable bonds is 5. The first kappa shape index (κ1) is 22.0. The number of fused-ring (bicyclic) bond motifs is 6. The first-order chi connectivity index (χ1) is 16.7. The van der Waals surface area contributed by atoms with Crippen molar-refractivity contribution in [3.8, 4) is 5.69 Å². The third kappa shape index (κ3) is 3.46. The first-order valence-electron chi connectivity index (χ1n) is 11.9. The number of furan rings is 1. The molecule has 1 N–H and O–H groups in total. The highest BCUT2D eigenvalue weighted by Crippen LogP contribution is 2.38. The van der Waals surface area contributed by atoms with E-state index in [2.05, 4.69) is 65.2 Å². The van der Waals surface area contributed by atoms with Crippen LogP contribution in [-0.4, -0.2) is 28.4 Å². The Morgan fingerprint density at radius 3 is 2.06 bits per heavy atom. The summed E-state index contributed by atoms with van der Waals surface area (Å²) in [6, 6.07) is 29.4. The molecule has 0 amide bonds. The van der Waals surface area contributed by atoms with Crippen molar-refractivity contribution in [2.45, 2.75) is 38.9 Å². The zero-order valence-corrected chi connectivity index (χ0v) is 20.4. The fraction of sp³-hybridized carbons (Fsp3) is 0.200. The minimum atomic E-state index is -0.982. The molecular weight excluding hydrogens is 433 g/mol. The van der Waals surface area contributed by atoms with Gasteiger partial charge in [-0.25, -0.2) is 0 Å². The minimum absolute atomic E-state index is 0.737. The van der Waals surface area contributed by atoms with Crippen molar-refractivity contribution in [2.75, 3.05) is 0 Å². The van der Waals surface area contributed by atoms with Crippen molar-refractivity contribution >= 4 is 56.7 Å². The van der Waals surface area contributed by atoms with Crippen molar-refractivity contribution in [1.29, 1.82) is 0 Å². The van der Waals surface area contributed by atoms with Gasteiger partial charge in [-0.2, -0.15) is 0 Å². The molecular formula is C30H27BNO3. The van der Waals surface area contributed by atoms with Crippen LogP contribution < -0.4 is 5.46 Å². The molecule has 173 valence electrons. The Labute approximate surface area is 205 Å². The summed E-state index contributed by atoms with van der Waals surface area (Å²) in [5, 5.41) is 15.0. The molecule has 0 aliphatic heterocycles. The van der Waals surface area contributed by atoms with Crippen molar-refractivity contribution < 1.29 is 14.2 Å². The molecule has 0 unspecified atom stereocenters. The van der Waals surface area contributed by atoms with Crippen molar-refractivity contribution in [3.63, 3.8) is 0 Å². The molecule has 2 heterocycles. The molecule has 0 atom stereocenters. The fourth-order valence-corrected chi connectivity index (χ4v) is 4.62. The van der Waals surface area contributed by atoms with E-state index in [1.54, 1.807) is 21.3 Å².